The smallest absolute Gasteiger partial charge is 0.315 e. The second kappa shape index (κ2) is 20.8. The topological polar surface area (TPSA) is 238 Å². The van der Waals surface area contributed by atoms with Crippen molar-refractivity contribution in [2.24, 2.45) is 39.6 Å². The van der Waals surface area contributed by atoms with Crippen LogP contribution in [0.3, 0.4) is 0 Å². The Balaban J connectivity index is 1.13. The minimum absolute atomic E-state index is 0.0370. The van der Waals surface area contributed by atoms with Crippen LogP contribution in [-0.2, 0) is 23.9 Å². The SMILES string of the molecule is C/C1=C/C=C/C(C)[C@H](O)[C@@H](C)C(O)[C@@H](C)C(OC(=O)CC(=O)N2CCC(n3cccn3)CC2)[C@H](C)C/C=C/O[C@@]2(C)Oc3c(C)c(O)c4c(O)c(c5c(c4c3C2=O)=NC2(CCN(CC(C)C)CC2)N=5)NC1=O. The third-order valence-electron chi connectivity index (χ3n) is 15.5. The van der Waals surface area contributed by atoms with E-state index in [1.807, 2.05) is 23.9 Å². The lowest BCUT2D eigenvalue weighted by Gasteiger charge is -2.37. The number of aromatic hydroxyl groups is 2. The number of carbonyl (C=O) groups is 4. The first kappa shape index (κ1) is 52.2. The van der Waals surface area contributed by atoms with Crippen molar-refractivity contribution < 1.29 is 53.8 Å². The van der Waals surface area contributed by atoms with Gasteiger partial charge in [-0.3, -0.25) is 33.8 Å². The van der Waals surface area contributed by atoms with Crippen molar-refractivity contribution in [3.8, 4) is 17.2 Å². The van der Waals surface area contributed by atoms with E-state index >= 15 is 0 Å². The average molecular weight is 994 g/mol. The molecule has 0 radical (unpaired) electrons. The highest BCUT2D eigenvalue weighted by Gasteiger charge is 2.50. The number of aliphatic hydroxyl groups excluding tert-OH is 2. The van der Waals surface area contributed by atoms with Crippen molar-refractivity contribution in [1.82, 2.24) is 19.6 Å². The van der Waals surface area contributed by atoms with Crippen molar-refractivity contribution >= 4 is 40.0 Å². The molecule has 2 saturated heterocycles. The summed E-state index contributed by atoms with van der Waals surface area (Å²) in [4.78, 5) is 70.4. The Bertz CT molecular complexity index is 2810. The Morgan fingerprint density at radius 1 is 0.944 bits per heavy atom. The molecule has 18 nitrogen and oxygen atoms in total. The van der Waals surface area contributed by atoms with Gasteiger partial charge in [0.05, 0.1) is 40.8 Å². The van der Waals surface area contributed by atoms with Gasteiger partial charge in [-0.05, 0) is 57.1 Å². The number of rotatable bonds is 6. The predicted octanol–water partition coefficient (Wildman–Crippen LogP) is 5.55. The summed E-state index contributed by atoms with van der Waals surface area (Å²) in [7, 11) is 0. The molecule has 0 saturated carbocycles. The van der Waals surface area contributed by atoms with Gasteiger partial charge in [0.25, 0.3) is 11.7 Å². The molecule has 6 aliphatic heterocycles. The number of benzene rings is 2. The number of carbonyl (C=O) groups excluding carboxylic acids is 4. The highest BCUT2D eigenvalue weighted by molar-refractivity contribution is 6.19. The van der Waals surface area contributed by atoms with Crippen molar-refractivity contribution in [3.63, 3.8) is 0 Å². The number of ether oxygens (including phenoxy) is 3. The van der Waals surface area contributed by atoms with Gasteiger partial charge < -0.3 is 49.8 Å². The summed E-state index contributed by atoms with van der Waals surface area (Å²) in [5.41, 5.74) is -0.605. The molecule has 5 bridgehead atoms. The number of nitrogens with one attached hydrogen (secondary N) is 1. The summed E-state index contributed by atoms with van der Waals surface area (Å²) >= 11 is 0. The zero-order valence-electron chi connectivity index (χ0n) is 42.9. The number of aromatic nitrogens is 2. The molecule has 2 fully saturated rings. The van der Waals surface area contributed by atoms with E-state index < -0.39 is 83.3 Å². The van der Waals surface area contributed by atoms with Gasteiger partial charge >= 0.3 is 11.8 Å². The molecular weight excluding hydrogens is 923 g/mol. The molecule has 388 valence electrons. The highest BCUT2D eigenvalue weighted by atomic mass is 16.7. The van der Waals surface area contributed by atoms with E-state index in [0.29, 0.717) is 57.8 Å². The summed E-state index contributed by atoms with van der Waals surface area (Å²) in [6, 6.07) is 2.02. The molecule has 2 amide bonds. The Hall–Kier alpha value is -6.11. The molecule has 0 aliphatic carbocycles. The highest BCUT2D eigenvalue weighted by Crippen LogP contribution is 2.50. The van der Waals surface area contributed by atoms with Crippen LogP contribution in [0.1, 0.15) is 116 Å². The molecule has 2 aromatic carbocycles. The molecule has 72 heavy (non-hydrogen) atoms. The van der Waals surface area contributed by atoms with Crippen LogP contribution >= 0.6 is 0 Å². The third kappa shape index (κ3) is 10.1. The number of hydrogen-bond acceptors (Lipinski definition) is 15. The number of hydrogen-bond donors (Lipinski definition) is 5. The van der Waals surface area contributed by atoms with Gasteiger partial charge in [-0.2, -0.15) is 5.10 Å². The Morgan fingerprint density at radius 3 is 2.31 bits per heavy atom. The van der Waals surface area contributed by atoms with Crippen LogP contribution in [0.2, 0.25) is 0 Å². The fourth-order valence-corrected chi connectivity index (χ4v) is 11.0. The van der Waals surface area contributed by atoms with Crippen LogP contribution in [0, 0.1) is 36.5 Å². The number of likely N-dealkylation sites (tertiary alicyclic amines) is 2. The summed E-state index contributed by atoms with van der Waals surface area (Å²) in [6.45, 7) is 19.2. The van der Waals surface area contributed by atoms with Crippen LogP contribution in [0.5, 0.6) is 17.2 Å². The van der Waals surface area contributed by atoms with Gasteiger partial charge in [-0.25, -0.2) is 0 Å². The molecular formula is C54H71N7O11. The molecule has 5 N–H and O–H groups in total. The standard InChI is InChI=1S/C54H71N7O11/c1-29(2)28-59-24-18-54(19-25-59)57-42-39-40-47(66)35(8)50-41(39)51(68)53(9,72-50)70-26-11-15-31(4)49(71-38(63)27-37(62)60-22-16-36(17-23-60)61-21-12-20-55-61)34(7)46(65)33(6)45(64)30(3)13-10-14-32(5)52(69)56-44(48(40)67)43(42)58-54/h10-14,20-21,26,29-31,33-34,36,45-46,49,64-67H,15-19,22-25,27-28H2,1-9H3,(H,56,69)/b13-10+,26-11+,32-14-/t30?,31-,33-,34-,45+,46?,49?,53+/m1/s1. The molecule has 1 aromatic heterocycles. The second-order valence-electron chi connectivity index (χ2n) is 21.3. The van der Waals surface area contributed by atoms with Gasteiger partial charge in [0.15, 0.2) is 11.4 Å². The van der Waals surface area contributed by atoms with Crippen LogP contribution < -0.4 is 20.8 Å². The van der Waals surface area contributed by atoms with Crippen LogP contribution in [0.25, 0.3) is 10.8 Å². The van der Waals surface area contributed by atoms with Crippen molar-refractivity contribution in [2.75, 3.05) is 38.0 Å². The molecule has 7 heterocycles. The number of phenols is 2. The van der Waals surface area contributed by atoms with Gasteiger partial charge in [0.1, 0.15) is 35.1 Å². The van der Waals surface area contributed by atoms with Crippen molar-refractivity contribution in [3.05, 3.63) is 76.4 Å². The first-order valence-corrected chi connectivity index (χ1v) is 25.5. The molecule has 18 heteroatoms. The third-order valence-corrected chi connectivity index (χ3v) is 15.5. The van der Waals surface area contributed by atoms with Crippen molar-refractivity contribution in [2.45, 2.75) is 137 Å². The summed E-state index contributed by atoms with van der Waals surface area (Å²) < 4.78 is 20.5. The number of fused-ring (bicyclic) bond motifs is 13. The Labute approximate surface area is 420 Å². The average Bonchev–Trinajstić information content (AvgIpc) is 4.09. The van der Waals surface area contributed by atoms with E-state index in [2.05, 4.69) is 29.2 Å². The molecule has 9 rings (SSSR count). The molecule has 6 aliphatic rings. The number of allylic oxidation sites excluding steroid dienone is 3. The minimum Gasteiger partial charge on any atom is -0.507 e. The number of amides is 2. The van der Waals surface area contributed by atoms with E-state index in [0.717, 1.165) is 6.54 Å². The van der Waals surface area contributed by atoms with Gasteiger partial charge in [0, 0.05) is 99.2 Å². The number of piperidine rings is 2. The fraction of sp³-hybridized carbons (Fsp3) is 0.574. The van der Waals surface area contributed by atoms with E-state index in [4.69, 9.17) is 24.2 Å². The Morgan fingerprint density at radius 2 is 1.64 bits per heavy atom. The number of aliphatic hydroxyl groups is 2. The van der Waals surface area contributed by atoms with Crippen LogP contribution in [-0.4, -0.2) is 126 Å². The maximum absolute atomic E-state index is 14.8. The Kier molecular flexibility index (Phi) is 15.1. The van der Waals surface area contributed by atoms with Gasteiger partial charge in [0.2, 0.25) is 5.91 Å². The zero-order chi connectivity index (χ0) is 52.0. The molecule has 3 aromatic rings. The monoisotopic (exact) mass is 994 g/mol. The van der Waals surface area contributed by atoms with E-state index in [9.17, 15) is 39.6 Å². The molecule has 3 unspecified atom stereocenters. The zero-order valence-corrected chi connectivity index (χ0v) is 42.9. The number of phenolic OH excluding ortho intramolecular Hbond substituents is 2. The quantitative estimate of drug-likeness (QED) is 0.116. The van der Waals surface area contributed by atoms with Crippen LogP contribution in [0.15, 0.2) is 64.6 Å². The maximum atomic E-state index is 14.8. The second-order valence-corrected chi connectivity index (χ2v) is 21.3. The fourth-order valence-electron chi connectivity index (χ4n) is 11.0. The summed E-state index contributed by atoms with van der Waals surface area (Å²) in [5, 5.41) is 55.2. The normalized spacial score (nSPS) is 30.0. The lowest BCUT2D eigenvalue weighted by Crippen LogP contribution is -2.45. The number of esters is 1. The first-order valence-electron chi connectivity index (χ1n) is 25.5. The molecule has 8 atom stereocenters. The lowest BCUT2D eigenvalue weighted by atomic mass is 9.79. The number of ketones is 1. The number of anilines is 1. The van der Waals surface area contributed by atoms with E-state index in [1.54, 1.807) is 70.0 Å². The van der Waals surface area contributed by atoms with E-state index in [-0.39, 0.29) is 73.7 Å². The lowest BCUT2D eigenvalue weighted by molar-refractivity contribution is -0.162. The largest absolute Gasteiger partial charge is 0.507 e. The predicted molar refractivity (Wildman–Crippen MR) is 268 cm³/mol. The van der Waals surface area contributed by atoms with Gasteiger partial charge in [-0.1, -0.05) is 59.8 Å². The summed E-state index contributed by atoms with van der Waals surface area (Å²) in [6.07, 6.45) is 10.5. The number of nitrogens with zero attached hydrogens (tertiary/aromatic N) is 6. The van der Waals surface area contributed by atoms with Crippen molar-refractivity contribution in [1.29, 1.82) is 0 Å². The summed E-state index contributed by atoms with van der Waals surface area (Å²) in [5.74, 6) is -7.07. The van der Waals surface area contributed by atoms with Gasteiger partial charge in [-0.15, -0.1) is 0 Å². The van der Waals surface area contributed by atoms with Crippen LogP contribution in [0.4, 0.5) is 5.69 Å². The van der Waals surface area contributed by atoms with E-state index in [1.165, 1.54) is 13.2 Å². The minimum atomic E-state index is -1.95. The number of Topliss-reactive ketones (excluding diaryl/α,β-unsaturated/α-hetero) is 1. The maximum Gasteiger partial charge on any atom is 0.315 e. The first-order chi connectivity index (χ1) is 34.1. The molecule has 1 spiro atoms.